The van der Waals surface area contributed by atoms with Crippen molar-refractivity contribution in [2.24, 2.45) is 11.8 Å². The minimum atomic E-state index is -0.812. The van der Waals surface area contributed by atoms with E-state index in [2.05, 4.69) is 0 Å². The Bertz CT molecular complexity index is 371. The third-order valence-corrected chi connectivity index (χ3v) is 4.93. The standard InChI is InChI=1S/C15H25NO4/c1-10-12(15(19)20)6-4-8-16(10)14(18)9-11-5-2-3-7-13(11)17/h10-13,17H,2-9H2,1H3,(H,19,20)/t10-,11+,12-,13-/m1/s1. The van der Waals surface area contributed by atoms with Crippen LogP contribution in [0.15, 0.2) is 0 Å². The molecule has 1 saturated carbocycles. The van der Waals surface area contributed by atoms with Gasteiger partial charge < -0.3 is 15.1 Å². The number of carboxylic acids is 1. The number of aliphatic carboxylic acids is 1. The Morgan fingerprint density at radius 2 is 1.85 bits per heavy atom. The van der Waals surface area contributed by atoms with Crippen molar-refractivity contribution in [3.63, 3.8) is 0 Å². The summed E-state index contributed by atoms with van der Waals surface area (Å²) in [7, 11) is 0. The van der Waals surface area contributed by atoms with Gasteiger partial charge in [-0.2, -0.15) is 0 Å². The summed E-state index contributed by atoms with van der Waals surface area (Å²) < 4.78 is 0. The van der Waals surface area contributed by atoms with Crippen LogP contribution in [0.1, 0.15) is 51.9 Å². The van der Waals surface area contributed by atoms with E-state index < -0.39 is 11.9 Å². The van der Waals surface area contributed by atoms with Gasteiger partial charge in [0.05, 0.1) is 12.0 Å². The smallest absolute Gasteiger partial charge is 0.308 e. The van der Waals surface area contributed by atoms with Gasteiger partial charge in [-0.05, 0) is 38.5 Å². The maximum Gasteiger partial charge on any atom is 0.308 e. The third kappa shape index (κ3) is 3.32. The fraction of sp³-hybridized carbons (Fsp3) is 0.867. The molecule has 5 heteroatoms. The Balaban J connectivity index is 1.95. The molecule has 0 aromatic rings. The zero-order valence-corrected chi connectivity index (χ0v) is 12.1. The highest BCUT2D eigenvalue weighted by Gasteiger charge is 2.36. The highest BCUT2D eigenvalue weighted by atomic mass is 16.4. The summed E-state index contributed by atoms with van der Waals surface area (Å²) in [5, 5.41) is 19.2. The topological polar surface area (TPSA) is 77.8 Å². The van der Waals surface area contributed by atoms with Crippen LogP contribution in [0.5, 0.6) is 0 Å². The average Bonchev–Trinajstić information content (AvgIpc) is 2.41. The van der Waals surface area contributed by atoms with Gasteiger partial charge in [0.2, 0.25) is 5.91 Å². The van der Waals surface area contributed by atoms with Gasteiger partial charge in [0, 0.05) is 19.0 Å². The number of carbonyl (C=O) groups is 2. The van der Waals surface area contributed by atoms with Crippen molar-refractivity contribution in [3.8, 4) is 0 Å². The van der Waals surface area contributed by atoms with E-state index in [9.17, 15) is 19.8 Å². The normalized spacial score (nSPS) is 34.8. The maximum absolute atomic E-state index is 12.4. The summed E-state index contributed by atoms with van der Waals surface area (Å²) in [6.07, 6.45) is 5.17. The SMILES string of the molecule is C[C@@H]1[C@H](C(=O)O)CCCN1C(=O)C[C@@H]1CCCC[C@H]1O. The van der Waals surface area contributed by atoms with Crippen LogP contribution in [0.25, 0.3) is 0 Å². The quantitative estimate of drug-likeness (QED) is 0.825. The molecule has 1 heterocycles. The average molecular weight is 283 g/mol. The molecule has 2 N–H and O–H groups in total. The molecule has 0 unspecified atom stereocenters. The van der Waals surface area contributed by atoms with Crippen LogP contribution in [0, 0.1) is 11.8 Å². The van der Waals surface area contributed by atoms with Crippen molar-refractivity contribution in [1.82, 2.24) is 4.90 Å². The van der Waals surface area contributed by atoms with Crippen LogP contribution in [0.3, 0.4) is 0 Å². The molecule has 5 nitrogen and oxygen atoms in total. The predicted molar refractivity (Wildman–Crippen MR) is 74.1 cm³/mol. The van der Waals surface area contributed by atoms with Crippen LogP contribution >= 0.6 is 0 Å². The third-order valence-electron chi connectivity index (χ3n) is 4.93. The number of carbonyl (C=O) groups excluding carboxylic acids is 1. The molecule has 1 saturated heterocycles. The van der Waals surface area contributed by atoms with Gasteiger partial charge >= 0.3 is 5.97 Å². The number of piperidine rings is 1. The van der Waals surface area contributed by atoms with Crippen LogP contribution in [0.4, 0.5) is 0 Å². The molecule has 0 aromatic carbocycles. The number of aliphatic hydroxyl groups is 1. The van der Waals surface area contributed by atoms with Gasteiger partial charge in [0.15, 0.2) is 0 Å². The summed E-state index contributed by atoms with van der Waals surface area (Å²) in [6, 6.07) is -0.241. The molecule has 2 aliphatic rings. The van der Waals surface area contributed by atoms with Crippen molar-refractivity contribution in [2.75, 3.05) is 6.54 Å². The Morgan fingerprint density at radius 3 is 2.50 bits per heavy atom. The molecular formula is C15H25NO4. The second kappa shape index (κ2) is 6.57. The van der Waals surface area contributed by atoms with E-state index in [0.29, 0.717) is 19.4 Å². The number of likely N-dealkylation sites (tertiary alicyclic amines) is 1. The van der Waals surface area contributed by atoms with Crippen molar-refractivity contribution in [3.05, 3.63) is 0 Å². The lowest BCUT2D eigenvalue weighted by Gasteiger charge is -2.39. The minimum Gasteiger partial charge on any atom is -0.481 e. The second-order valence-corrected chi connectivity index (χ2v) is 6.23. The van der Waals surface area contributed by atoms with E-state index in [1.807, 2.05) is 6.92 Å². The Morgan fingerprint density at radius 1 is 1.15 bits per heavy atom. The van der Waals surface area contributed by atoms with E-state index in [1.54, 1.807) is 4.90 Å². The molecule has 114 valence electrons. The number of nitrogens with zero attached hydrogens (tertiary/aromatic N) is 1. The van der Waals surface area contributed by atoms with Crippen molar-refractivity contribution in [1.29, 1.82) is 0 Å². The Kier molecular flexibility index (Phi) is 5.02. The van der Waals surface area contributed by atoms with Gasteiger partial charge in [-0.15, -0.1) is 0 Å². The van der Waals surface area contributed by atoms with Gasteiger partial charge in [-0.1, -0.05) is 12.8 Å². The molecule has 1 aliphatic heterocycles. The molecule has 0 radical (unpaired) electrons. The fourth-order valence-electron chi connectivity index (χ4n) is 3.59. The molecule has 0 spiro atoms. The molecule has 4 atom stereocenters. The number of aliphatic hydroxyl groups excluding tert-OH is 1. The lowest BCUT2D eigenvalue weighted by Crippen LogP contribution is -2.50. The second-order valence-electron chi connectivity index (χ2n) is 6.23. The number of hydrogen-bond donors (Lipinski definition) is 2. The van der Waals surface area contributed by atoms with E-state index in [-0.39, 0.29) is 24.0 Å². The summed E-state index contributed by atoms with van der Waals surface area (Å²) in [5.41, 5.74) is 0. The summed E-state index contributed by atoms with van der Waals surface area (Å²) >= 11 is 0. The number of amides is 1. The van der Waals surface area contributed by atoms with Crippen molar-refractivity contribution < 1.29 is 19.8 Å². The maximum atomic E-state index is 12.4. The fourth-order valence-corrected chi connectivity index (χ4v) is 3.59. The summed E-state index contributed by atoms with van der Waals surface area (Å²) in [5.74, 6) is -1.21. The van der Waals surface area contributed by atoms with Crippen LogP contribution in [-0.2, 0) is 9.59 Å². The monoisotopic (exact) mass is 283 g/mol. The largest absolute Gasteiger partial charge is 0.481 e. The van der Waals surface area contributed by atoms with E-state index in [0.717, 1.165) is 32.1 Å². The number of carboxylic acid groups (broad SMARTS) is 1. The van der Waals surface area contributed by atoms with E-state index in [1.165, 1.54) is 0 Å². The van der Waals surface area contributed by atoms with Gasteiger partial charge in [-0.25, -0.2) is 0 Å². The zero-order valence-electron chi connectivity index (χ0n) is 12.1. The first-order chi connectivity index (χ1) is 9.50. The molecule has 2 rings (SSSR count). The van der Waals surface area contributed by atoms with Crippen LogP contribution in [0.2, 0.25) is 0 Å². The van der Waals surface area contributed by atoms with E-state index >= 15 is 0 Å². The first-order valence-corrected chi connectivity index (χ1v) is 7.71. The van der Waals surface area contributed by atoms with Crippen LogP contribution < -0.4 is 0 Å². The lowest BCUT2D eigenvalue weighted by atomic mass is 9.83. The number of hydrogen-bond acceptors (Lipinski definition) is 3. The number of rotatable bonds is 3. The highest BCUT2D eigenvalue weighted by molar-refractivity contribution is 5.79. The Labute approximate surface area is 120 Å². The molecule has 1 amide bonds. The molecule has 0 aromatic heterocycles. The zero-order chi connectivity index (χ0) is 14.7. The van der Waals surface area contributed by atoms with Gasteiger partial charge in [0.1, 0.15) is 0 Å². The molecule has 0 bridgehead atoms. The predicted octanol–water partition coefficient (Wildman–Crippen LogP) is 1.64. The first-order valence-electron chi connectivity index (χ1n) is 7.71. The lowest BCUT2D eigenvalue weighted by molar-refractivity contribution is -0.149. The van der Waals surface area contributed by atoms with Gasteiger partial charge in [0.25, 0.3) is 0 Å². The molecule has 1 aliphatic carbocycles. The van der Waals surface area contributed by atoms with Gasteiger partial charge in [-0.3, -0.25) is 9.59 Å². The Hall–Kier alpha value is -1.10. The van der Waals surface area contributed by atoms with Crippen molar-refractivity contribution in [2.45, 2.75) is 64.0 Å². The highest BCUT2D eigenvalue weighted by Crippen LogP contribution is 2.30. The summed E-state index contributed by atoms with van der Waals surface area (Å²) in [6.45, 7) is 2.47. The molecule has 20 heavy (non-hydrogen) atoms. The van der Waals surface area contributed by atoms with Crippen LogP contribution in [-0.4, -0.2) is 45.7 Å². The summed E-state index contributed by atoms with van der Waals surface area (Å²) in [4.78, 5) is 25.3. The van der Waals surface area contributed by atoms with Crippen molar-refractivity contribution >= 4 is 11.9 Å². The molecule has 2 fully saturated rings. The van der Waals surface area contributed by atoms with E-state index in [4.69, 9.17) is 0 Å². The minimum absolute atomic E-state index is 0.00870. The molecular weight excluding hydrogens is 258 g/mol. The first kappa shape index (κ1) is 15.3.